The summed E-state index contributed by atoms with van der Waals surface area (Å²) in [6.07, 6.45) is 5.28. The van der Waals surface area contributed by atoms with E-state index in [-0.39, 0.29) is 14.3 Å². The molecule has 0 radical (unpaired) electrons. The maximum atomic E-state index is 13.0. The van der Waals surface area contributed by atoms with Crippen molar-refractivity contribution in [1.29, 1.82) is 5.26 Å². The first-order valence-electron chi connectivity index (χ1n) is 9.36. The molecule has 27 heavy (non-hydrogen) atoms. The first-order chi connectivity index (χ1) is 12.9. The van der Waals surface area contributed by atoms with E-state index < -0.39 is 10.7 Å². The number of aromatic nitrogens is 2. The van der Waals surface area contributed by atoms with E-state index in [1.54, 1.807) is 13.1 Å². The van der Waals surface area contributed by atoms with Gasteiger partial charge in [-0.3, -0.25) is 9.59 Å². The van der Waals surface area contributed by atoms with Gasteiger partial charge in [-0.1, -0.05) is 25.1 Å². The molecule has 7 nitrogen and oxygen atoms in total. The zero-order valence-electron chi connectivity index (χ0n) is 16.4. The number of carbonyl (C=O) groups is 2. The second-order valence-corrected chi connectivity index (χ2v) is 8.16. The van der Waals surface area contributed by atoms with Crippen molar-refractivity contribution in [3.63, 3.8) is 0 Å². The lowest BCUT2D eigenvalue weighted by molar-refractivity contribution is -0.129. The number of hydrogen-bond acceptors (Lipinski definition) is 5. The molecule has 150 valence electrons. The topological polar surface area (TPSA) is 102 Å². The third kappa shape index (κ3) is 4.53. The molecule has 2 N–H and O–H groups in total. The van der Waals surface area contributed by atoms with Gasteiger partial charge in [-0.25, -0.2) is 4.98 Å². The fraction of sp³-hybridized carbons (Fsp3) is 0.579. The second-order valence-electron chi connectivity index (χ2n) is 6.67. The predicted octanol–water partition coefficient (Wildman–Crippen LogP) is 3.01. The molecule has 1 aromatic heterocycles. The van der Waals surface area contributed by atoms with Gasteiger partial charge in [0.25, 0.3) is 5.91 Å². The van der Waals surface area contributed by atoms with Crippen LogP contribution >= 0.6 is 11.8 Å². The Bertz CT molecular complexity index is 790. The van der Waals surface area contributed by atoms with Crippen LogP contribution in [-0.2, 0) is 22.4 Å². The molecule has 1 aliphatic rings. The maximum Gasteiger partial charge on any atom is 0.264 e. The van der Waals surface area contributed by atoms with Crippen LogP contribution in [0.25, 0.3) is 0 Å². The van der Waals surface area contributed by atoms with Crippen LogP contribution in [0.4, 0.5) is 0 Å². The quantitative estimate of drug-likeness (QED) is 0.522. The molecule has 1 aromatic rings. The van der Waals surface area contributed by atoms with Crippen LogP contribution in [0.15, 0.2) is 16.8 Å². The number of aromatic amines is 1. The van der Waals surface area contributed by atoms with Crippen molar-refractivity contribution in [3.8, 4) is 6.07 Å². The normalized spacial score (nSPS) is 21.3. The highest BCUT2D eigenvalue weighted by Crippen LogP contribution is 2.46. The van der Waals surface area contributed by atoms with Crippen molar-refractivity contribution in [2.75, 3.05) is 13.1 Å². The van der Waals surface area contributed by atoms with E-state index >= 15 is 0 Å². The lowest BCUT2D eigenvalue weighted by Crippen LogP contribution is -2.38. The summed E-state index contributed by atoms with van der Waals surface area (Å²) in [6.45, 7) is 8.46. The van der Waals surface area contributed by atoms with Crippen molar-refractivity contribution in [3.05, 3.63) is 28.3 Å². The molecule has 0 aliphatic carbocycles. The Hall–Kier alpha value is -2.27. The zero-order chi connectivity index (χ0) is 20.0. The molecular formula is C19H31N5O2S. The molecule has 2 heterocycles. The summed E-state index contributed by atoms with van der Waals surface area (Å²) in [7, 11) is 0. The summed E-state index contributed by atoms with van der Waals surface area (Å²) >= 11 is 1.29. The number of imidazole rings is 1. The third-order valence-electron chi connectivity index (χ3n) is 4.45. The van der Waals surface area contributed by atoms with Gasteiger partial charge in [-0.05, 0) is 27.2 Å². The highest BCUT2D eigenvalue weighted by atomic mass is 32.2. The molecule has 1 unspecified atom stereocenters. The number of carbonyl (C=O) groups excluding carboxylic acids is 2. The molecule has 1 fully saturated rings. The minimum absolute atomic E-state index is 0. The van der Waals surface area contributed by atoms with Crippen molar-refractivity contribution in [2.45, 2.75) is 58.1 Å². The van der Waals surface area contributed by atoms with Crippen LogP contribution in [0, 0.1) is 11.3 Å². The molecule has 8 heteroatoms. The average Bonchev–Trinajstić information content (AvgIpc) is 3.17. The molecule has 1 saturated heterocycles. The number of nitriles is 1. The van der Waals surface area contributed by atoms with Gasteiger partial charge < -0.3 is 15.2 Å². The molecular weight excluding hydrogens is 362 g/mol. The fourth-order valence-corrected chi connectivity index (χ4v) is 4.46. The Morgan fingerprint density at radius 3 is 2.81 bits per heavy atom. The number of likely N-dealkylation sites (N-methyl/N-ethyl adjacent to an activating group) is 1. The number of nitrogens with one attached hydrogen (secondary N) is 2. The molecule has 0 bridgehead atoms. The molecule has 2 amide bonds. The van der Waals surface area contributed by atoms with Crippen LogP contribution in [0.2, 0.25) is 0 Å². The molecule has 0 aromatic carbocycles. The number of H-pyrrole nitrogens is 1. The number of thioether (sulfide) groups is 1. The fourth-order valence-electron chi connectivity index (χ4n) is 3.05. The van der Waals surface area contributed by atoms with E-state index in [1.165, 1.54) is 16.7 Å². The van der Waals surface area contributed by atoms with Crippen molar-refractivity contribution in [1.82, 2.24) is 20.2 Å². The molecule has 0 saturated carbocycles. The first kappa shape index (κ1) is 21.0. The van der Waals surface area contributed by atoms with E-state index in [9.17, 15) is 14.9 Å². The Balaban J connectivity index is 0.00000392. The molecule has 2 rings (SSSR count). The van der Waals surface area contributed by atoms with E-state index in [2.05, 4.69) is 22.2 Å². The smallest absolute Gasteiger partial charge is 0.264 e. The standard InChI is InChI=1S/C19H27N5O2S.2H2/c1-5-8-9-15-22-12-13(23-15)10-19(4)18(26)24(7-3)17(27-19)14(11-20)16(25)21-6-2;;/h12H,5-10H2,1-4H3,(H,21,25)(H,22,23);2*1H/b17-14-;;. The maximum absolute atomic E-state index is 13.0. The van der Waals surface area contributed by atoms with Gasteiger partial charge in [-0.15, -0.1) is 0 Å². The number of unbranched alkanes of at least 4 members (excludes halogenated alkanes) is 1. The summed E-state index contributed by atoms with van der Waals surface area (Å²) in [6, 6.07) is 1.98. The lowest BCUT2D eigenvalue weighted by Gasteiger charge is -2.20. The lowest BCUT2D eigenvalue weighted by atomic mass is 10.0. The first-order valence-corrected chi connectivity index (χ1v) is 10.2. The highest BCUT2D eigenvalue weighted by molar-refractivity contribution is 8.05. The highest BCUT2D eigenvalue weighted by Gasteiger charge is 2.48. The molecule has 0 spiro atoms. The number of rotatable bonds is 8. The number of nitrogens with zero attached hydrogens (tertiary/aromatic N) is 3. The molecule has 1 aliphatic heterocycles. The minimum Gasteiger partial charge on any atom is -0.352 e. The largest absolute Gasteiger partial charge is 0.352 e. The summed E-state index contributed by atoms with van der Waals surface area (Å²) in [5.41, 5.74) is 0.882. The summed E-state index contributed by atoms with van der Waals surface area (Å²) < 4.78 is -0.783. The summed E-state index contributed by atoms with van der Waals surface area (Å²) in [5, 5.41) is 12.6. The molecule has 1 atom stereocenters. The number of hydrogen-bond donors (Lipinski definition) is 2. The van der Waals surface area contributed by atoms with Crippen LogP contribution in [0.1, 0.15) is 54.9 Å². The Morgan fingerprint density at radius 2 is 2.22 bits per heavy atom. The van der Waals surface area contributed by atoms with Crippen LogP contribution in [-0.4, -0.2) is 44.5 Å². The Labute approximate surface area is 167 Å². The number of aryl methyl sites for hydroxylation is 1. The van der Waals surface area contributed by atoms with Gasteiger partial charge in [0.05, 0.1) is 0 Å². The van der Waals surface area contributed by atoms with E-state index in [0.29, 0.717) is 24.5 Å². The van der Waals surface area contributed by atoms with Crippen LogP contribution < -0.4 is 5.32 Å². The van der Waals surface area contributed by atoms with Crippen LogP contribution in [0.5, 0.6) is 0 Å². The zero-order valence-corrected chi connectivity index (χ0v) is 17.2. The van der Waals surface area contributed by atoms with Crippen molar-refractivity contribution >= 4 is 23.6 Å². The second kappa shape index (κ2) is 9.09. The van der Waals surface area contributed by atoms with Gasteiger partial charge in [0.15, 0.2) is 0 Å². The van der Waals surface area contributed by atoms with Crippen molar-refractivity contribution < 1.29 is 12.4 Å². The third-order valence-corrected chi connectivity index (χ3v) is 5.83. The Kier molecular flexibility index (Phi) is 7.08. The van der Waals surface area contributed by atoms with Gasteiger partial charge >= 0.3 is 0 Å². The number of amides is 2. The van der Waals surface area contributed by atoms with Gasteiger partial charge in [0.1, 0.15) is 27.2 Å². The van der Waals surface area contributed by atoms with Crippen LogP contribution in [0.3, 0.4) is 0 Å². The van der Waals surface area contributed by atoms with Crippen molar-refractivity contribution in [2.24, 2.45) is 0 Å². The SMILES string of the molecule is CCCCc1ncc(CC2(C)S/C(=C(/C#N)C(=O)NCC)N(CC)C2=O)[nH]1.[HH].[HH]. The predicted molar refractivity (Wildman–Crippen MR) is 110 cm³/mol. The summed E-state index contributed by atoms with van der Waals surface area (Å²) in [5.74, 6) is 0.391. The average molecular weight is 394 g/mol. The minimum atomic E-state index is -0.783. The Morgan fingerprint density at radius 1 is 1.48 bits per heavy atom. The summed E-state index contributed by atoms with van der Waals surface area (Å²) in [4.78, 5) is 34.5. The van der Waals surface area contributed by atoms with Gasteiger partial charge in [0.2, 0.25) is 5.91 Å². The van der Waals surface area contributed by atoms with Gasteiger partial charge in [-0.2, -0.15) is 5.26 Å². The van der Waals surface area contributed by atoms with E-state index in [4.69, 9.17) is 0 Å². The monoisotopic (exact) mass is 393 g/mol. The van der Waals surface area contributed by atoms with E-state index in [0.717, 1.165) is 30.8 Å². The van der Waals surface area contributed by atoms with E-state index in [1.807, 2.05) is 19.9 Å². The van der Waals surface area contributed by atoms with Gasteiger partial charge in [0, 0.05) is 40.7 Å².